The maximum absolute atomic E-state index is 12.6. The molecule has 2 heterocycles. The molecule has 1 aromatic carbocycles. The number of piperazine rings is 1. The topological polar surface area (TPSA) is 72.5 Å². The van der Waals surface area contributed by atoms with Gasteiger partial charge in [-0.25, -0.2) is 4.68 Å². The summed E-state index contributed by atoms with van der Waals surface area (Å²) in [5, 5.41) is 8.76. The molecular formula is C23H34N5O2+. The number of amides is 1. The number of hydrogen-bond donors (Lipinski definition) is 1. The van der Waals surface area contributed by atoms with Crippen LogP contribution in [0.5, 0.6) is 0 Å². The fraction of sp³-hybridized carbons (Fsp3) is 0.652. The van der Waals surface area contributed by atoms with Gasteiger partial charge in [-0.05, 0) is 50.7 Å². The minimum Gasteiger partial charge on any atom is -0.331 e. The molecule has 1 aliphatic carbocycles. The number of hydrogen-bond acceptors (Lipinski definition) is 4. The van der Waals surface area contributed by atoms with Crippen molar-refractivity contribution in [3.8, 4) is 0 Å². The van der Waals surface area contributed by atoms with Gasteiger partial charge in [-0.3, -0.25) is 9.59 Å². The molecule has 1 aromatic heterocycles. The van der Waals surface area contributed by atoms with Crippen molar-refractivity contribution in [2.75, 3.05) is 26.2 Å². The second-order valence-electron chi connectivity index (χ2n) is 8.82. The van der Waals surface area contributed by atoms with E-state index in [0.29, 0.717) is 29.8 Å². The van der Waals surface area contributed by atoms with E-state index in [1.54, 1.807) is 17.0 Å². The highest BCUT2D eigenvalue weighted by Crippen LogP contribution is 2.16. The summed E-state index contributed by atoms with van der Waals surface area (Å²) in [6.45, 7) is 4.59. The molecule has 2 aromatic rings. The molecule has 0 atom stereocenters. The first kappa shape index (κ1) is 21.0. The van der Waals surface area contributed by atoms with Gasteiger partial charge in [-0.1, -0.05) is 30.2 Å². The highest BCUT2D eigenvalue weighted by molar-refractivity contribution is 5.76. The van der Waals surface area contributed by atoms with Crippen LogP contribution < -0.4 is 10.5 Å². The van der Waals surface area contributed by atoms with Gasteiger partial charge in [0, 0.05) is 13.0 Å². The van der Waals surface area contributed by atoms with Gasteiger partial charge in [0.05, 0.1) is 37.6 Å². The van der Waals surface area contributed by atoms with Crippen molar-refractivity contribution >= 4 is 16.8 Å². The average molecular weight is 413 g/mol. The minimum absolute atomic E-state index is 0.0880. The number of benzene rings is 1. The second-order valence-corrected chi connectivity index (χ2v) is 8.82. The number of nitrogens with zero attached hydrogens (tertiary/aromatic N) is 4. The smallest absolute Gasteiger partial charge is 0.277 e. The van der Waals surface area contributed by atoms with Gasteiger partial charge in [-0.15, -0.1) is 5.10 Å². The Morgan fingerprint density at radius 1 is 1.03 bits per heavy atom. The zero-order valence-electron chi connectivity index (χ0n) is 17.9. The average Bonchev–Trinajstić information content (AvgIpc) is 2.81. The summed E-state index contributed by atoms with van der Waals surface area (Å²) >= 11 is 0. The van der Waals surface area contributed by atoms with Crippen LogP contribution in [0.1, 0.15) is 57.8 Å². The van der Waals surface area contributed by atoms with E-state index in [4.69, 9.17) is 0 Å². The molecule has 1 aliphatic heterocycles. The Bertz CT molecular complexity index is 898. The van der Waals surface area contributed by atoms with Crippen LogP contribution in [0.3, 0.4) is 0 Å². The summed E-state index contributed by atoms with van der Waals surface area (Å²) in [6, 6.07) is 8.12. The third-order valence-corrected chi connectivity index (χ3v) is 6.83. The van der Waals surface area contributed by atoms with E-state index >= 15 is 0 Å². The largest absolute Gasteiger partial charge is 0.331 e. The lowest BCUT2D eigenvalue weighted by Gasteiger charge is -2.38. The van der Waals surface area contributed by atoms with Crippen molar-refractivity contribution in [2.45, 2.75) is 70.4 Å². The summed E-state index contributed by atoms with van der Waals surface area (Å²) in [7, 11) is 0. The van der Waals surface area contributed by atoms with Crippen LogP contribution in [0.2, 0.25) is 0 Å². The van der Waals surface area contributed by atoms with Gasteiger partial charge in [0.1, 0.15) is 5.52 Å². The molecule has 162 valence electrons. The van der Waals surface area contributed by atoms with Crippen LogP contribution in [-0.4, -0.2) is 58.0 Å². The first-order valence-electron chi connectivity index (χ1n) is 11.7. The molecule has 0 bridgehead atoms. The van der Waals surface area contributed by atoms with Crippen LogP contribution in [0.4, 0.5) is 0 Å². The third-order valence-electron chi connectivity index (χ3n) is 6.83. The van der Waals surface area contributed by atoms with Crippen LogP contribution in [-0.2, 0) is 11.3 Å². The highest BCUT2D eigenvalue weighted by Gasteiger charge is 2.29. The lowest BCUT2D eigenvalue weighted by atomic mass is 9.94. The van der Waals surface area contributed by atoms with Gasteiger partial charge in [0.2, 0.25) is 5.91 Å². The Kier molecular flexibility index (Phi) is 7.10. The van der Waals surface area contributed by atoms with Gasteiger partial charge < -0.3 is 9.80 Å². The molecule has 2 fully saturated rings. The van der Waals surface area contributed by atoms with E-state index in [0.717, 1.165) is 51.5 Å². The summed E-state index contributed by atoms with van der Waals surface area (Å²) in [6.07, 6.45) is 10.1. The van der Waals surface area contributed by atoms with Gasteiger partial charge >= 0.3 is 0 Å². The Balaban J connectivity index is 1.15. The molecule has 30 heavy (non-hydrogen) atoms. The molecular weight excluding hydrogens is 378 g/mol. The number of carbonyl (C=O) groups is 1. The third kappa shape index (κ3) is 5.06. The molecule has 7 nitrogen and oxygen atoms in total. The lowest BCUT2D eigenvalue weighted by molar-refractivity contribution is -0.930. The van der Waals surface area contributed by atoms with E-state index in [2.05, 4.69) is 15.2 Å². The fourth-order valence-electron chi connectivity index (χ4n) is 5.00. The Hall–Kier alpha value is -2.28. The number of rotatable bonds is 7. The molecule has 4 rings (SSSR count). The van der Waals surface area contributed by atoms with E-state index in [1.807, 2.05) is 12.1 Å². The van der Waals surface area contributed by atoms with Crippen LogP contribution in [0.25, 0.3) is 10.9 Å². The summed E-state index contributed by atoms with van der Waals surface area (Å²) in [5.41, 5.74) is 0.546. The molecule has 1 amide bonds. The molecule has 7 heteroatoms. The van der Waals surface area contributed by atoms with Gasteiger partial charge in [0.15, 0.2) is 0 Å². The highest BCUT2D eigenvalue weighted by atomic mass is 16.2. The van der Waals surface area contributed by atoms with Gasteiger partial charge in [-0.2, -0.15) is 0 Å². The zero-order valence-corrected chi connectivity index (χ0v) is 17.9. The SMILES string of the molecule is O=C(CCCCCn1nnc2ccccc2c1=O)N1CC[NH+](C2CCCCC2)CC1. The van der Waals surface area contributed by atoms with Crippen molar-refractivity contribution < 1.29 is 9.69 Å². The molecule has 2 aliphatic rings. The van der Waals surface area contributed by atoms with Crippen LogP contribution in [0, 0.1) is 0 Å². The number of carbonyl (C=O) groups excluding carboxylic acids is 1. The molecule has 0 spiro atoms. The molecule has 1 N–H and O–H groups in total. The Morgan fingerprint density at radius 2 is 1.80 bits per heavy atom. The minimum atomic E-state index is -0.0880. The van der Waals surface area contributed by atoms with Crippen molar-refractivity contribution in [1.29, 1.82) is 0 Å². The fourth-order valence-corrected chi connectivity index (χ4v) is 5.00. The molecule has 1 saturated heterocycles. The van der Waals surface area contributed by atoms with E-state index in [9.17, 15) is 9.59 Å². The van der Waals surface area contributed by atoms with E-state index < -0.39 is 0 Å². The maximum Gasteiger partial charge on any atom is 0.277 e. The standard InChI is InChI=1S/C23H33N5O2/c29-22(27-17-15-26(16-18-27)19-9-3-1-4-10-19)13-5-2-8-14-28-23(30)20-11-6-7-12-21(20)24-25-28/h6-7,11-12,19H,1-5,8-10,13-18H2/p+1. The zero-order chi connectivity index (χ0) is 20.8. The number of aryl methyl sites for hydroxylation is 1. The number of fused-ring (bicyclic) bond motifs is 1. The monoisotopic (exact) mass is 412 g/mol. The predicted molar refractivity (Wildman–Crippen MR) is 116 cm³/mol. The number of unbranched alkanes of at least 4 members (excludes halogenated alkanes) is 2. The number of aromatic nitrogens is 3. The molecule has 0 radical (unpaired) electrons. The van der Waals surface area contributed by atoms with Gasteiger partial charge in [0.25, 0.3) is 5.56 Å². The summed E-state index contributed by atoms with van der Waals surface area (Å²) in [5.74, 6) is 0.292. The maximum atomic E-state index is 12.6. The Labute approximate surface area is 178 Å². The molecule has 0 unspecified atom stereocenters. The normalized spacial score (nSPS) is 18.7. The van der Waals surface area contributed by atoms with Crippen LogP contribution in [0.15, 0.2) is 29.1 Å². The Morgan fingerprint density at radius 3 is 2.60 bits per heavy atom. The van der Waals surface area contributed by atoms with Crippen molar-refractivity contribution in [1.82, 2.24) is 19.9 Å². The molecule has 1 saturated carbocycles. The first-order valence-corrected chi connectivity index (χ1v) is 11.7. The predicted octanol–water partition coefficient (Wildman–Crippen LogP) is 1.41. The van der Waals surface area contributed by atoms with Crippen molar-refractivity contribution in [3.05, 3.63) is 34.6 Å². The second kappa shape index (κ2) is 10.2. The number of quaternary nitrogens is 1. The van der Waals surface area contributed by atoms with E-state index in [1.165, 1.54) is 36.8 Å². The quantitative estimate of drug-likeness (QED) is 0.698. The summed E-state index contributed by atoms with van der Waals surface area (Å²) in [4.78, 5) is 28.8. The number of nitrogens with one attached hydrogen (secondary N) is 1. The van der Waals surface area contributed by atoms with Crippen molar-refractivity contribution in [3.63, 3.8) is 0 Å². The van der Waals surface area contributed by atoms with Crippen molar-refractivity contribution in [2.24, 2.45) is 0 Å². The first-order chi connectivity index (χ1) is 14.7. The summed E-state index contributed by atoms with van der Waals surface area (Å²) < 4.78 is 1.44. The lowest BCUT2D eigenvalue weighted by Crippen LogP contribution is -3.18. The van der Waals surface area contributed by atoms with Crippen LogP contribution >= 0.6 is 0 Å². The van der Waals surface area contributed by atoms with E-state index in [-0.39, 0.29) is 5.56 Å².